The molecular weight excluding hydrogens is 459 g/mol. The second-order valence-electron chi connectivity index (χ2n) is 11.2. The lowest BCUT2D eigenvalue weighted by molar-refractivity contribution is 0.105. The van der Waals surface area contributed by atoms with Crippen molar-refractivity contribution in [2.75, 3.05) is 5.75 Å². The molecule has 0 amide bonds. The SMILES string of the molecule is C=C1/C(=C\C=C2/CCC[C@@]3(C)C2CCC3[C@@H](C)CS(=O)C(Cl)(Cl)C(C)O)C[C@@H](C)C[C@@H]1C. The third-order valence-electron chi connectivity index (χ3n) is 8.76. The normalized spacial score (nSPS) is 39.2. The molecule has 1 N–H and O–H groups in total. The first kappa shape index (κ1) is 26.5. The lowest BCUT2D eigenvalue weighted by Crippen LogP contribution is -2.40. The summed E-state index contributed by atoms with van der Waals surface area (Å²) in [7, 11) is -1.50. The molecule has 0 aromatic carbocycles. The van der Waals surface area contributed by atoms with Crippen molar-refractivity contribution in [2.45, 2.75) is 89.3 Å². The number of alkyl halides is 2. The van der Waals surface area contributed by atoms with E-state index in [9.17, 15) is 9.32 Å². The molecule has 5 heteroatoms. The molecule has 0 spiro atoms. The van der Waals surface area contributed by atoms with Crippen LogP contribution in [0.5, 0.6) is 0 Å². The van der Waals surface area contributed by atoms with Crippen molar-refractivity contribution in [1.29, 1.82) is 0 Å². The summed E-state index contributed by atoms with van der Waals surface area (Å²) in [6.45, 7) is 15.2. The van der Waals surface area contributed by atoms with Crippen LogP contribution in [-0.2, 0) is 10.8 Å². The largest absolute Gasteiger partial charge is 0.389 e. The predicted molar refractivity (Wildman–Crippen MR) is 139 cm³/mol. The fourth-order valence-corrected chi connectivity index (χ4v) is 8.60. The molecule has 3 saturated carbocycles. The van der Waals surface area contributed by atoms with Crippen LogP contribution in [0.25, 0.3) is 0 Å². The topological polar surface area (TPSA) is 37.3 Å². The third kappa shape index (κ3) is 5.26. The van der Waals surface area contributed by atoms with Crippen LogP contribution in [0.3, 0.4) is 0 Å². The average molecular weight is 502 g/mol. The molecule has 182 valence electrons. The van der Waals surface area contributed by atoms with Crippen molar-refractivity contribution in [1.82, 2.24) is 0 Å². The molecule has 0 aromatic rings. The van der Waals surface area contributed by atoms with Gasteiger partial charge in [0.1, 0.15) is 0 Å². The van der Waals surface area contributed by atoms with Crippen LogP contribution >= 0.6 is 23.2 Å². The fraction of sp³-hybridized carbons (Fsp3) is 0.778. The summed E-state index contributed by atoms with van der Waals surface area (Å²) in [5.74, 6) is 3.08. The molecule has 0 saturated heterocycles. The number of halogens is 2. The molecule has 2 nitrogen and oxygen atoms in total. The highest BCUT2D eigenvalue weighted by molar-refractivity contribution is 7.89. The van der Waals surface area contributed by atoms with Crippen molar-refractivity contribution in [2.24, 2.45) is 35.0 Å². The van der Waals surface area contributed by atoms with E-state index in [1.54, 1.807) is 5.57 Å². The van der Waals surface area contributed by atoms with Gasteiger partial charge in [-0.1, -0.05) is 75.2 Å². The summed E-state index contributed by atoms with van der Waals surface area (Å²) in [6.07, 6.45) is 12.1. The number of rotatable bonds is 6. The molecule has 4 unspecified atom stereocenters. The summed E-state index contributed by atoms with van der Waals surface area (Å²) in [5, 5.41) is 9.84. The van der Waals surface area contributed by atoms with E-state index in [-0.39, 0.29) is 11.3 Å². The summed E-state index contributed by atoms with van der Waals surface area (Å²) < 4.78 is 11.2. The van der Waals surface area contributed by atoms with E-state index in [1.165, 1.54) is 50.2 Å². The minimum absolute atomic E-state index is 0.225. The standard InChI is InChI=1S/C27H42Cl2O2S/c1-17-14-18(2)20(4)23(15-17)10-9-22-8-7-13-26(6)24(11-12-25(22)26)19(3)16-32(31)27(28,29)21(5)30/h9-10,17-19,21,24-25,30H,4,7-8,11-16H2,1-3,5-6H3/b22-9+,23-10-/t17-,18-,19-,21?,24?,25?,26+,32?/m0/s1. The van der Waals surface area contributed by atoms with Gasteiger partial charge in [0.2, 0.25) is 3.67 Å². The van der Waals surface area contributed by atoms with Gasteiger partial charge in [-0.2, -0.15) is 0 Å². The van der Waals surface area contributed by atoms with Crippen molar-refractivity contribution in [3.05, 3.63) is 35.5 Å². The van der Waals surface area contributed by atoms with Gasteiger partial charge in [-0.3, -0.25) is 4.21 Å². The van der Waals surface area contributed by atoms with Crippen molar-refractivity contribution in [3.8, 4) is 0 Å². The van der Waals surface area contributed by atoms with E-state index in [1.807, 2.05) is 0 Å². The molecule has 0 aromatic heterocycles. The number of aliphatic hydroxyl groups is 1. The molecule has 0 heterocycles. The minimum atomic E-state index is -1.60. The van der Waals surface area contributed by atoms with E-state index in [0.717, 1.165) is 18.8 Å². The van der Waals surface area contributed by atoms with Crippen molar-refractivity contribution in [3.63, 3.8) is 0 Å². The fourth-order valence-electron chi connectivity index (χ4n) is 6.91. The zero-order valence-electron chi connectivity index (χ0n) is 20.5. The molecule has 3 fully saturated rings. The smallest absolute Gasteiger partial charge is 0.216 e. The quantitative estimate of drug-likeness (QED) is 0.381. The van der Waals surface area contributed by atoms with E-state index in [4.69, 9.17) is 23.2 Å². The second kappa shape index (κ2) is 10.3. The Labute approximate surface area is 208 Å². The number of hydrogen-bond acceptors (Lipinski definition) is 2. The van der Waals surface area contributed by atoms with Crippen molar-refractivity contribution < 1.29 is 9.32 Å². The minimum Gasteiger partial charge on any atom is -0.389 e. The predicted octanol–water partition coefficient (Wildman–Crippen LogP) is 7.57. The van der Waals surface area contributed by atoms with Crippen LogP contribution in [0.1, 0.15) is 79.6 Å². The Morgan fingerprint density at radius 3 is 2.62 bits per heavy atom. The molecule has 0 bridgehead atoms. The first-order valence-electron chi connectivity index (χ1n) is 12.4. The van der Waals surface area contributed by atoms with Gasteiger partial charge in [-0.15, -0.1) is 0 Å². The molecule has 3 aliphatic carbocycles. The van der Waals surface area contributed by atoms with Crippen LogP contribution in [0, 0.1) is 35.0 Å². The van der Waals surface area contributed by atoms with Crippen molar-refractivity contribution >= 4 is 34.0 Å². The highest BCUT2D eigenvalue weighted by Gasteiger charge is 2.51. The molecule has 3 rings (SSSR count). The highest BCUT2D eigenvalue weighted by Crippen LogP contribution is 2.59. The lowest BCUT2D eigenvalue weighted by Gasteiger charge is -2.44. The highest BCUT2D eigenvalue weighted by atomic mass is 35.5. The third-order valence-corrected chi connectivity index (χ3v) is 12.2. The molecule has 0 radical (unpaired) electrons. The van der Waals surface area contributed by atoms with Crippen LogP contribution in [0.2, 0.25) is 0 Å². The maximum atomic E-state index is 12.8. The first-order chi connectivity index (χ1) is 14.9. The maximum absolute atomic E-state index is 12.8. The Kier molecular flexibility index (Phi) is 8.50. The molecular formula is C27H42Cl2O2S. The van der Waals surface area contributed by atoms with Gasteiger partial charge in [-0.05, 0) is 98.0 Å². The van der Waals surface area contributed by atoms with Gasteiger partial charge >= 0.3 is 0 Å². The van der Waals surface area contributed by atoms with Gasteiger partial charge < -0.3 is 5.11 Å². The second-order valence-corrected chi connectivity index (χ2v) is 14.7. The number of hydrogen-bond donors (Lipinski definition) is 1. The van der Waals surface area contributed by atoms with E-state index in [0.29, 0.717) is 23.5 Å². The molecule has 8 atom stereocenters. The number of fused-ring (bicyclic) bond motifs is 1. The maximum Gasteiger partial charge on any atom is 0.216 e. The van der Waals surface area contributed by atoms with Gasteiger partial charge in [0.25, 0.3) is 0 Å². The summed E-state index contributed by atoms with van der Waals surface area (Å²) in [4.78, 5) is 0. The van der Waals surface area contributed by atoms with Crippen LogP contribution < -0.4 is 0 Å². The van der Waals surface area contributed by atoms with Gasteiger partial charge in [0.05, 0.1) is 16.9 Å². The van der Waals surface area contributed by atoms with E-state index < -0.39 is 20.6 Å². The Balaban J connectivity index is 1.76. The molecule has 3 aliphatic rings. The Morgan fingerprint density at radius 1 is 1.28 bits per heavy atom. The number of allylic oxidation sites excluding steroid dienone is 5. The zero-order valence-corrected chi connectivity index (χ0v) is 22.8. The lowest BCUT2D eigenvalue weighted by atomic mass is 9.61. The Hall–Kier alpha value is -0.0900. The van der Waals surface area contributed by atoms with Gasteiger partial charge in [-0.25, -0.2) is 0 Å². The van der Waals surface area contributed by atoms with E-state index in [2.05, 4.69) is 46.4 Å². The van der Waals surface area contributed by atoms with Gasteiger partial charge in [0, 0.05) is 5.75 Å². The van der Waals surface area contributed by atoms with Crippen LogP contribution in [0.4, 0.5) is 0 Å². The summed E-state index contributed by atoms with van der Waals surface area (Å²) in [5.41, 5.74) is 4.58. The van der Waals surface area contributed by atoms with E-state index >= 15 is 0 Å². The van der Waals surface area contributed by atoms with Crippen LogP contribution in [0.15, 0.2) is 35.5 Å². The Morgan fingerprint density at radius 2 is 1.97 bits per heavy atom. The summed E-state index contributed by atoms with van der Waals surface area (Å²) in [6, 6.07) is 0. The first-order valence-corrected chi connectivity index (χ1v) is 14.5. The summed E-state index contributed by atoms with van der Waals surface area (Å²) >= 11 is 12.4. The zero-order chi connectivity index (χ0) is 23.8. The van der Waals surface area contributed by atoms with Crippen LogP contribution in [-0.4, -0.2) is 24.8 Å². The molecule has 0 aliphatic heterocycles. The Bertz CT molecular complexity index is 799. The monoisotopic (exact) mass is 500 g/mol. The molecule has 32 heavy (non-hydrogen) atoms. The average Bonchev–Trinajstić information content (AvgIpc) is 3.06. The number of aliphatic hydroxyl groups excluding tert-OH is 1. The van der Waals surface area contributed by atoms with Gasteiger partial charge in [0.15, 0.2) is 0 Å².